The van der Waals surface area contributed by atoms with Gasteiger partial charge in [-0.15, -0.1) is 0 Å². The minimum Gasteiger partial charge on any atom is -0.336 e. The number of nitrogens with zero attached hydrogens (tertiary/aromatic N) is 4. The van der Waals surface area contributed by atoms with Gasteiger partial charge in [0.15, 0.2) is 0 Å². The highest BCUT2D eigenvalue weighted by Gasteiger charge is 2.22. The molecule has 0 bridgehead atoms. The van der Waals surface area contributed by atoms with E-state index >= 15 is 0 Å². The van der Waals surface area contributed by atoms with Crippen LogP contribution in [0.3, 0.4) is 0 Å². The molecule has 5 rings (SSSR count). The molecule has 1 amide bonds. The molecule has 0 spiro atoms. The topological polar surface area (TPSA) is 64.2 Å². The van der Waals surface area contributed by atoms with Crippen molar-refractivity contribution in [2.45, 2.75) is 19.5 Å². The first kappa shape index (κ1) is 18.6. The molecule has 0 unspecified atom stereocenters. The highest BCUT2D eigenvalue weighted by atomic mass is 35.5. The van der Waals surface area contributed by atoms with Crippen molar-refractivity contribution in [3.05, 3.63) is 83.0 Å². The van der Waals surface area contributed by atoms with Crippen LogP contribution in [0.5, 0.6) is 0 Å². The van der Waals surface area contributed by atoms with Crippen LogP contribution in [0, 0.1) is 0 Å². The number of halogens is 1. The summed E-state index contributed by atoms with van der Waals surface area (Å²) in [4.78, 5) is 19.3. The number of hydrogen-bond donors (Lipinski definition) is 0. The quantitative estimate of drug-likeness (QED) is 0.491. The number of amides is 1. The second-order valence-corrected chi connectivity index (χ2v) is 7.73. The predicted molar refractivity (Wildman–Crippen MR) is 114 cm³/mol. The average molecular weight is 419 g/mol. The van der Waals surface area contributed by atoms with Crippen LogP contribution in [-0.4, -0.2) is 32.1 Å². The summed E-state index contributed by atoms with van der Waals surface area (Å²) in [7, 11) is 0. The Labute approximate surface area is 178 Å². The molecule has 0 atom stereocenters. The Morgan fingerprint density at radius 1 is 1.07 bits per heavy atom. The Hall–Kier alpha value is -3.38. The first-order valence-electron chi connectivity index (χ1n) is 9.77. The molecule has 150 valence electrons. The number of hydrogen-bond acceptors (Lipinski definition) is 4. The Kier molecular flexibility index (Phi) is 4.85. The monoisotopic (exact) mass is 418 g/mol. The maximum Gasteiger partial charge on any atom is 0.274 e. The lowest BCUT2D eigenvalue weighted by atomic mass is 10.00. The number of carbonyl (C=O) groups is 1. The van der Waals surface area contributed by atoms with E-state index in [2.05, 4.69) is 22.3 Å². The molecule has 1 aliphatic heterocycles. The van der Waals surface area contributed by atoms with Gasteiger partial charge in [0.05, 0.1) is 0 Å². The molecule has 4 aromatic rings. The normalized spacial score (nSPS) is 13.3. The van der Waals surface area contributed by atoms with Gasteiger partial charge in [-0.3, -0.25) is 4.79 Å². The van der Waals surface area contributed by atoms with E-state index in [0.29, 0.717) is 29.0 Å². The van der Waals surface area contributed by atoms with E-state index in [0.717, 1.165) is 18.5 Å². The smallest absolute Gasteiger partial charge is 0.274 e. The molecular weight excluding hydrogens is 400 g/mol. The summed E-state index contributed by atoms with van der Waals surface area (Å²) < 4.78 is 7.31. The third kappa shape index (κ3) is 3.62. The molecule has 3 heterocycles. The van der Waals surface area contributed by atoms with E-state index in [1.807, 2.05) is 52.1 Å². The van der Waals surface area contributed by atoms with Gasteiger partial charge >= 0.3 is 0 Å². The number of rotatable bonds is 4. The van der Waals surface area contributed by atoms with Gasteiger partial charge in [0.2, 0.25) is 11.7 Å². The van der Waals surface area contributed by atoms with Crippen molar-refractivity contribution in [3.8, 4) is 23.0 Å². The number of carbonyl (C=O) groups excluding carboxylic acids is 1. The third-order valence-electron chi connectivity index (χ3n) is 5.35. The largest absolute Gasteiger partial charge is 0.336 e. The molecule has 0 saturated carbocycles. The van der Waals surface area contributed by atoms with Crippen LogP contribution in [0.4, 0.5) is 0 Å². The molecule has 0 radical (unpaired) electrons. The summed E-state index contributed by atoms with van der Waals surface area (Å²) in [5, 5.41) is 4.67. The van der Waals surface area contributed by atoms with Gasteiger partial charge in [-0.1, -0.05) is 53.2 Å². The summed E-state index contributed by atoms with van der Waals surface area (Å²) in [5.74, 6) is 0.891. The summed E-state index contributed by atoms with van der Waals surface area (Å²) in [5.41, 5.74) is 4.02. The van der Waals surface area contributed by atoms with Gasteiger partial charge in [0.1, 0.15) is 12.2 Å². The maximum absolute atomic E-state index is 12.9. The van der Waals surface area contributed by atoms with Crippen molar-refractivity contribution in [2.24, 2.45) is 0 Å². The van der Waals surface area contributed by atoms with E-state index in [1.165, 1.54) is 11.1 Å². The molecule has 7 heteroatoms. The number of benzene rings is 2. The standard InChI is InChI=1S/C23H19ClN4O2/c24-19-8-3-7-17(13-19)22-25-23(30-26-22)20-9-4-11-27(20)15-21(29)28-12-10-16-5-1-2-6-18(16)14-28/h1-9,11,13H,10,12,14-15H2. The number of fused-ring (bicyclic) bond motifs is 1. The second-order valence-electron chi connectivity index (χ2n) is 7.29. The molecular formula is C23H19ClN4O2. The molecule has 2 aromatic carbocycles. The fraction of sp³-hybridized carbons (Fsp3) is 0.174. The summed E-state index contributed by atoms with van der Waals surface area (Å²) in [6.07, 6.45) is 2.74. The first-order chi connectivity index (χ1) is 14.7. The fourth-order valence-electron chi connectivity index (χ4n) is 3.77. The zero-order chi connectivity index (χ0) is 20.5. The molecule has 30 heavy (non-hydrogen) atoms. The SMILES string of the molecule is O=C(Cn1cccc1-c1nc(-c2cccc(Cl)c2)no1)N1CCc2ccccc2C1. The zero-order valence-corrected chi connectivity index (χ0v) is 16.9. The van der Waals surface area contributed by atoms with Gasteiger partial charge in [0.25, 0.3) is 5.89 Å². The van der Waals surface area contributed by atoms with Gasteiger partial charge in [0, 0.05) is 29.9 Å². The maximum atomic E-state index is 12.9. The van der Waals surface area contributed by atoms with Crippen molar-refractivity contribution >= 4 is 17.5 Å². The minimum atomic E-state index is 0.0662. The van der Waals surface area contributed by atoms with Crippen molar-refractivity contribution in [3.63, 3.8) is 0 Å². The lowest BCUT2D eigenvalue weighted by Crippen LogP contribution is -2.38. The summed E-state index contributed by atoms with van der Waals surface area (Å²) in [6, 6.07) is 19.3. The van der Waals surface area contributed by atoms with Crippen molar-refractivity contribution < 1.29 is 9.32 Å². The molecule has 0 fully saturated rings. The van der Waals surface area contributed by atoms with Crippen LogP contribution in [0.1, 0.15) is 11.1 Å². The Balaban J connectivity index is 1.34. The minimum absolute atomic E-state index is 0.0662. The van der Waals surface area contributed by atoms with Crippen LogP contribution in [0.15, 0.2) is 71.4 Å². The highest BCUT2D eigenvalue weighted by Crippen LogP contribution is 2.25. The van der Waals surface area contributed by atoms with Gasteiger partial charge in [-0.25, -0.2) is 0 Å². The second kappa shape index (κ2) is 7.80. The Morgan fingerprint density at radius 3 is 2.80 bits per heavy atom. The average Bonchev–Trinajstić information content (AvgIpc) is 3.43. The Bertz CT molecular complexity index is 1210. The van der Waals surface area contributed by atoms with Crippen LogP contribution in [0.25, 0.3) is 23.0 Å². The highest BCUT2D eigenvalue weighted by molar-refractivity contribution is 6.30. The Morgan fingerprint density at radius 2 is 1.93 bits per heavy atom. The van der Waals surface area contributed by atoms with E-state index in [-0.39, 0.29) is 12.5 Å². The van der Waals surface area contributed by atoms with Gasteiger partial charge in [-0.2, -0.15) is 4.98 Å². The van der Waals surface area contributed by atoms with Crippen molar-refractivity contribution in [2.75, 3.05) is 6.54 Å². The van der Waals surface area contributed by atoms with E-state index < -0.39 is 0 Å². The van der Waals surface area contributed by atoms with Crippen molar-refractivity contribution in [1.29, 1.82) is 0 Å². The molecule has 1 aliphatic rings. The molecule has 0 aliphatic carbocycles. The summed E-state index contributed by atoms with van der Waals surface area (Å²) in [6.45, 7) is 1.59. The van der Waals surface area contributed by atoms with Crippen LogP contribution in [-0.2, 0) is 24.3 Å². The number of aromatic nitrogens is 3. The molecule has 0 saturated heterocycles. The predicted octanol–water partition coefficient (Wildman–Crippen LogP) is 4.44. The van der Waals surface area contributed by atoms with E-state index in [4.69, 9.17) is 16.1 Å². The molecule has 0 N–H and O–H groups in total. The van der Waals surface area contributed by atoms with Crippen LogP contribution in [0.2, 0.25) is 5.02 Å². The lowest BCUT2D eigenvalue weighted by molar-refractivity contribution is -0.132. The van der Waals surface area contributed by atoms with E-state index in [1.54, 1.807) is 12.1 Å². The van der Waals surface area contributed by atoms with Crippen LogP contribution < -0.4 is 0 Å². The fourth-order valence-corrected chi connectivity index (χ4v) is 3.96. The molecule has 2 aromatic heterocycles. The first-order valence-corrected chi connectivity index (χ1v) is 10.1. The van der Waals surface area contributed by atoms with Crippen molar-refractivity contribution in [1.82, 2.24) is 19.6 Å². The zero-order valence-electron chi connectivity index (χ0n) is 16.2. The van der Waals surface area contributed by atoms with Gasteiger partial charge in [-0.05, 0) is 41.8 Å². The third-order valence-corrected chi connectivity index (χ3v) is 5.58. The van der Waals surface area contributed by atoms with Gasteiger partial charge < -0.3 is 14.0 Å². The molecule has 6 nitrogen and oxygen atoms in total. The van der Waals surface area contributed by atoms with E-state index in [9.17, 15) is 4.79 Å². The summed E-state index contributed by atoms with van der Waals surface area (Å²) >= 11 is 6.06. The van der Waals surface area contributed by atoms with Crippen LogP contribution >= 0.6 is 11.6 Å². The lowest BCUT2D eigenvalue weighted by Gasteiger charge is -2.29.